The summed E-state index contributed by atoms with van der Waals surface area (Å²) in [6.07, 6.45) is 0. The first-order valence-electron chi connectivity index (χ1n) is 5.29. The highest BCUT2D eigenvalue weighted by Gasteiger charge is 2.12. The van der Waals surface area contributed by atoms with Crippen LogP contribution in [0.1, 0.15) is 10.4 Å². The van der Waals surface area contributed by atoms with E-state index >= 15 is 0 Å². The third-order valence-corrected chi connectivity index (χ3v) is 3.14. The van der Waals surface area contributed by atoms with Crippen molar-refractivity contribution in [1.82, 2.24) is 0 Å². The van der Waals surface area contributed by atoms with Gasteiger partial charge in [-0.2, -0.15) is 0 Å². The summed E-state index contributed by atoms with van der Waals surface area (Å²) < 4.78 is 6.00. The van der Waals surface area contributed by atoms with Gasteiger partial charge in [0.1, 0.15) is 5.75 Å². The van der Waals surface area contributed by atoms with Crippen LogP contribution in [0.2, 0.25) is 0 Å². The molecule has 18 heavy (non-hydrogen) atoms. The topological polar surface area (TPSA) is 46.5 Å². The van der Waals surface area contributed by atoms with Crippen molar-refractivity contribution in [3.63, 3.8) is 0 Å². The van der Waals surface area contributed by atoms with Gasteiger partial charge in [-0.3, -0.25) is 0 Å². The summed E-state index contributed by atoms with van der Waals surface area (Å²) in [5.41, 5.74) is 1.77. The van der Waals surface area contributed by atoms with Crippen molar-refractivity contribution in [3.8, 4) is 16.9 Å². The number of halogens is 1. The standard InChI is InChI=1S/C14H11BrO3/c1-18-11-6-7-12(13(8-11)14(16)17)9-2-4-10(15)5-3-9/h2-8H,1H3,(H,16,17). The molecule has 0 unspecified atom stereocenters. The average Bonchev–Trinajstić information content (AvgIpc) is 2.39. The highest BCUT2D eigenvalue weighted by Crippen LogP contribution is 2.28. The van der Waals surface area contributed by atoms with Gasteiger partial charge in [0, 0.05) is 4.47 Å². The van der Waals surface area contributed by atoms with Crippen molar-refractivity contribution in [2.24, 2.45) is 0 Å². The van der Waals surface area contributed by atoms with E-state index in [4.69, 9.17) is 4.74 Å². The molecule has 3 nitrogen and oxygen atoms in total. The highest BCUT2D eigenvalue weighted by atomic mass is 79.9. The predicted molar refractivity (Wildman–Crippen MR) is 73.1 cm³/mol. The number of ether oxygens (including phenoxy) is 1. The van der Waals surface area contributed by atoms with Crippen LogP contribution in [-0.2, 0) is 0 Å². The molecule has 0 atom stereocenters. The van der Waals surface area contributed by atoms with Gasteiger partial charge in [0.25, 0.3) is 0 Å². The van der Waals surface area contributed by atoms with E-state index in [1.165, 1.54) is 13.2 Å². The molecule has 0 spiro atoms. The summed E-state index contributed by atoms with van der Waals surface area (Å²) in [5, 5.41) is 9.24. The Kier molecular flexibility index (Phi) is 3.67. The summed E-state index contributed by atoms with van der Waals surface area (Å²) in [6, 6.07) is 12.5. The fourth-order valence-corrected chi connectivity index (χ4v) is 1.97. The summed E-state index contributed by atoms with van der Waals surface area (Å²) >= 11 is 3.35. The second-order valence-electron chi connectivity index (χ2n) is 3.72. The van der Waals surface area contributed by atoms with E-state index in [1.807, 2.05) is 24.3 Å². The van der Waals surface area contributed by atoms with E-state index in [-0.39, 0.29) is 5.56 Å². The van der Waals surface area contributed by atoms with E-state index in [2.05, 4.69) is 15.9 Å². The van der Waals surface area contributed by atoms with Crippen LogP contribution in [0.5, 0.6) is 5.75 Å². The van der Waals surface area contributed by atoms with Gasteiger partial charge < -0.3 is 9.84 Å². The largest absolute Gasteiger partial charge is 0.497 e. The number of aromatic carboxylic acids is 1. The Morgan fingerprint density at radius 1 is 1.17 bits per heavy atom. The fraction of sp³-hybridized carbons (Fsp3) is 0.0714. The van der Waals surface area contributed by atoms with Crippen molar-refractivity contribution in [2.45, 2.75) is 0 Å². The van der Waals surface area contributed by atoms with Crippen molar-refractivity contribution in [3.05, 3.63) is 52.5 Å². The van der Waals surface area contributed by atoms with Crippen LogP contribution in [-0.4, -0.2) is 18.2 Å². The Balaban J connectivity index is 2.56. The number of hydrogen-bond acceptors (Lipinski definition) is 2. The van der Waals surface area contributed by atoms with Crippen LogP contribution in [0, 0.1) is 0 Å². The average molecular weight is 307 g/mol. The summed E-state index contributed by atoms with van der Waals surface area (Å²) in [7, 11) is 1.51. The number of benzene rings is 2. The number of methoxy groups -OCH3 is 1. The minimum Gasteiger partial charge on any atom is -0.497 e. The zero-order valence-corrected chi connectivity index (χ0v) is 11.3. The third kappa shape index (κ3) is 2.54. The maximum absolute atomic E-state index is 11.3. The molecule has 0 saturated heterocycles. The minimum absolute atomic E-state index is 0.233. The Morgan fingerprint density at radius 3 is 2.39 bits per heavy atom. The Labute approximate surface area is 113 Å². The van der Waals surface area contributed by atoms with Gasteiger partial charge in [-0.1, -0.05) is 28.1 Å². The molecule has 0 bridgehead atoms. The first kappa shape index (κ1) is 12.6. The van der Waals surface area contributed by atoms with E-state index < -0.39 is 5.97 Å². The van der Waals surface area contributed by atoms with Crippen LogP contribution in [0.4, 0.5) is 0 Å². The SMILES string of the molecule is COc1ccc(-c2ccc(Br)cc2)c(C(=O)O)c1. The molecule has 0 amide bonds. The van der Waals surface area contributed by atoms with Crippen molar-refractivity contribution < 1.29 is 14.6 Å². The van der Waals surface area contributed by atoms with Crippen LogP contribution < -0.4 is 4.74 Å². The van der Waals surface area contributed by atoms with Crippen LogP contribution >= 0.6 is 15.9 Å². The molecule has 0 aliphatic rings. The molecular weight excluding hydrogens is 296 g/mol. The van der Waals surface area contributed by atoms with E-state index in [1.54, 1.807) is 12.1 Å². The molecule has 1 N–H and O–H groups in total. The second kappa shape index (κ2) is 5.23. The Hall–Kier alpha value is -1.81. The summed E-state index contributed by atoms with van der Waals surface area (Å²) in [5.74, 6) is -0.430. The molecule has 0 aliphatic carbocycles. The molecule has 2 rings (SSSR count). The fourth-order valence-electron chi connectivity index (χ4n) is 1.71. The number of carboxylic acid groups (broad SMARTS) is 1. The van der Waals surface area contributed by atoms with E-state index in [0.29, 0.717) is 11.3 Å². The first-order chi connectivity index (χ1) is 8.61. The molecule has 0 aromatic heterocycles. The molecule has 2 aromatic carbocycles. The van der Waals surface area contributed by atoms with Crippen LogP contribution in [0.15, 0.2) is 46.9 Å². The lowest BCUT2D eigenvalue weighted by Crippen LogP contribution is -2.00. The molecule has 92 valence electrons. The molecular formula is C14H11BrO3. The lowest BCUT2D eigenvalue weighted by molar-refractivity contribution is 0.0697. The lowest BCUT2D eigenvalue weighted by Gasteiger charge is -2.08. The molecule has 0 radical (unpaired) electrons. The number of rotatable bonds is 3. The first-order valence-corrected chi connectivity index (χ1v) is 6.08. The normalized spacial score (nSPS) is 10.1. The van der Waals surface area contributed by atoms with E-state index in [0.717, 1.165) is 10.0 Å². The molecule has 0 heterocycles. The molecule has 0 saturated carbocycles. The molecule has 2 aromatic rings. The maximum atomic E-state index is 11.3. The molecule has 0 fully saturated rings. The van der Waals surface area contributed by atoms with Gasteiger partial charge >= 0.3 is 5.97 Å². The predicted octanol–water partition coefficient (Wildman–Crippen LogP) is 3.82. The van der Waals surface area contributed by atoms with Gasteiger partial charge in [0.15, 0.2) is 0 Å². The van der Waals surface area contributed by atoms with Crippen molar-refractivity contribution in [2.75, 3.05) is 7.11 Å². The van der Waals surface area contributed by atoms with Gasteiger partial charge in [-0.25, -0.2) is 4.79 Å². The monoisotopic (exact) mass is 306 g/mol. The zero-order valence-electron chi connectivity index (χ0n) is 9.68. The van der Waals surface area contributed by atoms with E-state index in [9.17, 15) is 9.90 Å². The van der Waals surface area contributed by atoms with Gasteiger partial charge in [-0.05, 0) is 41.5 Å². The quantitative estimate of drug-likeness (QED) is 0.937. The number of carboxylic acids is 1. The lowest BCUT2D eigenvalue weighted by atomic mass is 9.99. The molecule has 4 heteroatoms. The zero-order chi connectivity index (χ0) is 13.1. The van der Waals surface area contributed by atoms with Crippen molar-refractivity contribution >= 4 is 21.9 Å². The van der Waals surface area contributed by atoms with Crippen LogP contribution in [0.25, 0.3) is 11.1 Å². The highest BCUT2D eigenvalue weighted by molar-refractivity contribution is 9.10. The summed E-state index contributed by atoms with van der Waals surface area (Å²) in [6.45, 7) is 0. The summed E-state index contributed by atoms with van der Waals surface area (Å²) in [4.78, 5) is 11.3. The van der Waals surface area contributed by atoms with Crippen LogP contribution in [0.3, 0.4) is 0 Å². The Bertz CT molecular complexity index is 576. The van der Waals surface area contributed by atoms with Gasteiger partial charge in [0.2, 0.25) is 0 Å². The van der Waals surface area contributed by atoms with Gasteiger partial charge in [-0.15, -0.1) is 0 Å². The minimum atomic E-state index is -0.966. The smallest absolute Gasteiger partial charge is 0.336 e. The number of carbonyl (C=O) groups is 1. The second-order valence-corrected chi connectivity index (χ2v) is 4.64. The Morgan fingerprint density at radius 2 is 1.83 bits per heavy atom. The van der Waals surface area contributed by atoms with Gasteiger partial charge in [0.05, 0.1) is 12.7 Å². The van der Waals surface area contributed by atoms with Crippen molar-refractivity contribution in [1.29, 1.82) is 0 Å². The third-order valence-electron chi connectivity index (χ3n) is 2.61. The number of hydrogen-bond donors (Lipinski definition) is 1. The maximum Gasteiger partial charge on any atom is 0.336 e. The molecule has 0 aliphatic heterocycles.